The largest absolute Gasteiger partial charge is 0.349 e. The Morgan fingerprint density at radius 1 is 1.33 bits per heavy atom. The molecule has 2 atom stereocenters. The predicted molar refractivity (Wildman–Crippen MR) is 108 cm³/mol. The number of aryl methyl sites for hydroxylation is 1. The first-order chi connectivity index (χ1) is 13.2. The summed E-state index contributed by atoms with van der Waals surface area (Å²) in [6.45, 7) is 4.91. The third-order valence-electron chi connectivity index (χ3n) is 5.62. The van der Waals surface area contributed by atoms with Gasteiger partial charge < -0.3 is 19.4 Å². The van der Waals surface area contributed by atoms with Crippen LogP contribution >= 0.6 is 0 Å². The van der Waals surface area contributed by atoms with E-state index in [4.69, 9.17) is 4.98 Å². The Morgan fingerprint density at radius 3 is 2.93 bits per heavy atom. The zero-order valence-corrected chi connectivity index (χ0v) is 16.2. The van der Waals surface area contributed by atoms with Gasteiger partial charge in [0.1, 0.15) is 5.82 Å². The molecule has 142 valence electrons. The molecule has 1 aromatic carbocycles. The number of likely N-dealkylation sites (tertiary alicyclic amines) is 1. The first kappa shape index (κ1) is 17.6. The molecule has 2 unspecified atom stereocenters. The van der Waals surface area contributed by atoms with Crippen molar-refractivity contribution >= 4 is 17.0 Å². The van der Waals surface area contributed by atoms with E-state index in [1.807, 2.05) is 31.7 Å². The monoisotopic (exact) mass is 365 g/mol. The van der Waals surface area contributed by atoms with Crippen LogP contribution in [0.25, 0.3) is 11.0 Å². The zero-order valence-electron chi connectivity index (χ0n) is 16.2. The lowest BCUT2D eigenvalue weighted by Gasteiger charge is -2.39. The smallest absolute Gasteiger partial charge is 0.194 e. The number of aliphatic imine (C=N–C) groups is 1. The Labute approximate surface area is 159 Å². The number of aromatic nitrogens is 4. The molecule has 27 heavy (non-hydrogen) atoms. The molecule has 4 rings (SSSR count). The molecule has 3 aromatic rings. The molecule has 0 spiro atoms. The van der Waals surface area contributed by atoms with Crippen molar-refractivity contribution in [3.63, 3.8) is 0 Å². The van der Waals surface area contributed by atoms with Gasteiger partial charge in [-0.15, -0.1) is 0 Å². The normalized spacial score (nSPS) is 21.0. The summed E-state index contributed by atoms with van der Waals surface area (Å²) in [4.78, 5) is 15.8. The molecule has 1 aliphatic rings. The summed E-state index contributed by atoms with van der Waals surface area (Å²) in [5.74, 6) is 2.56. The fourth-order valence-electron chi connectivity index (χ4n) is 3.94. The average molecular weight is 365 g/mol. The molecule has 2 aromatic heterocycles. The summed E-state index contributed by atoms with van der Waals surface area (Å²) in [6, 6.07) is 8.63. The summed E-state index contributed by atoms with van der Waals surface area (Å²) < 4.78 is 4.36. The summed E-state index contributed by atoms with van der Waals surface area (Å²) in [5, 5.41) is 3.51. The van der Waals surface area contributed by atoms with Crippen molar-refractivity contribution in [3.8, 4) is 0 Å². The van der Waals surface area contributed by atoms with Gasteiger partial charge in [0.15, 0.2) is 5.96 Å². The molecule has 7 nitrogen and oxygen atoms in total. The molecule has 1 N–H and O–H groups in total. The highest BCUT2D eigenvalue weighted by Crippen LogP contribution is 2.27. The van der Waals surface area contributed by atoms with Crippen molar-refractivity contribution in [3.05, 3.63) is 48.8 Å². The first-order valence-corrected chi connectivity index (χ1v) is 9.50. The first-order valence-electron chi connectivity index (χ1n) is 9.50. The van der Waals surface area contributed by atoms with E-state index >= 15 is 0 Å². The second-order valence-electron chi connectivity index (χ2n) is 7.27. The van der Waals surface area contributed by atoms with E-state index in [1.54, 1.807) is 0 Å². The van der Waals surface area contributed by atoms with Crippen molar-refractivity contribution in [1.82, 2.24) is 29.3 Å². The van der Waals surface area contributed by atoms with E-state index in [2.05, 4.69) is 61.6 Å². The highest BCUT2D eigenvalue weighted by atomic mass is 15.3. The SMILES string of the molecule is CN=C(NCc1nc2ccccc2n1C)N1CCC(C)C(n2ccnc2)C1. The molecular formula is C20H27N7. The third-order valence-corrected chi connectivity index (χ3v) is 5.62. The lowest BCUT2D eigenvalue weighted by molar-refractivity contribution is 0.189. The molecule has 0 radical (unpaired) electrons. The molecule has 0 amide bonds. The Kier molecular flexibility index (Phi) is 4.83. The summed E-state index contributed by atoms with van der Waals surface area (Å²) in [7, 11) is 3.91. The molecule has 0 bridgehead atoms. The maximum absolute atomic E-state index is 4.75. The number of hydrogen-bond donors (Lipinski definition) is 1. The Bertz CT molecular complexity index is 925. The number of benzene rings is 1. The van der Waals surface area contributed by atoms with Gasteiger partial charge in [-0.1, -0.05) is 19.1 Å². The van der Waals surface area contributed by atoms with Crippen molar-refractivity contribution in [2.75, 3.05) is 20.1 Å². The van der Waals surface area contributed by atoms with Crippen molar-refractivity contribution in [2.45, 2.75) is 25.9 Å². The van der Waals surface area contributed by atoms with Crippen LogP contribution in [-0.2, 0) is 13.6 Å². The van der Waals surface area contributed by atoms with Crippen LogP contribution in [0.5, 0.6) is 0 Å². The van der Waals surface area contributed by atoms with Gasteiger partial charge >= 0.3 is 0 Å². The molecular weight excluding hydrogens is 338 g/mol. The van der Waals surface area contributed by atoms with Gasteiger partial charge in [0.05, 0.1) is 29.9 Å². The highest BCUT2D eigenvalue weighted by molar-refractivity contribution is 5.80. The fraction of sp³-hybridized carbons (Fsp3) is 0.450. The number of nitrogens with one attached hydrogen (secondary N) is 1. The van der Waals surface area contributed by atoms with Crippen LogP contribution in [0.2, 0.25) is 0 Å². The summed E-state index contributed by atoms with van der Waals surface area (Å²) in [5.41, 5.74) is 2.18. The Morgan fingerprint density at radius 2 is 2.19 bits per heavy atom. The van der Waals surface area contributed by atoms with E-state index < -0.39 is 0 Å². The lowest BCUT2D eigenvalue weighted by Crippen LogP contribution is -2.48. The number of guanidine groups is 1. The van der Waals surface area contributed by atoms with E-state index in [-0.39, 0.29) is 0 Å². The van der Waals surface area contributed by atoms with Crippen LogP contribution < -0.4 is 5.32 Å². The second-order valence-corrected chi connectivity index (χ2v) is 7.27. The lowest BCUT2D eigenvalue weighted by atomic mass is 9.93. The number of imidazole rings is 2. The Balaban J connectivity index is 1.46. The van der Waals surface area contributed by atoms with Crippen LogP contribution in [0.4, 0.5) is 0 Å². The average Bonchev–Trinajstić information content (AvgIpc) is 3.32. The molecule has 7 heteroatoms. The second kappa shape index (κ2) is 7.42. The molecule has 1 saturated heterocycles. The predicted octanol–water partition coefficient (Wildman–Crippen LogP) is 2.43. The minimum absolute atomic E-state index is 0.413. The van der Waals surface area contributed by atoms with Crippen LogP contribution in [0.3, 0.4) is 0 Å². The van der Waals surface area contributed by atoms with Crippen molar-refractivity contribution in [2.24, 2.45) is 18.0 Å². The number of fused-ring (bicyclic) bond motifs is 1. The number of nitrogens with zero attached hydrogens (tertiary/aromatic N) is 6. The van der Waals surface area contributed by atoms with E-state index in [9.17, 15) is 0 Å². The van der Waals surface area contributed by atoms with Gasteiger partial charge in [0, 0.05) is 39.6 Å². The van der Waals surface area contributed by atoms with E-state index in [0.717, 1.165) is 42.3 Å². The maximum atomic E-state index is 4.75. The number of rotatable bonds is 3. The van der Waals surface area contributed by atoms with Crippen LogP contribution in [-0.4, -0.2) is 50.1 Å². The van der Waals surface area contributed by atoms with Gasteiger partial charge in [-0.3, -0.25) is 4.99 Å². The fourth-order valence-corrected chi connectivity index (χ4v) is 3.94. The van der Waals surface area contributed by atoms with Gasteiger partial charge in [-0.05, 0) is 24.5 Å². The van der Waals surface area contributed by atoms with Gasteiger partial charge in [0.25, 0.3) is 0 Å². The third kappa shape index (κ3) is 3.41. The topological polar surface area (TPSA) is 63.3 Å². The van der Waals surface area contributed by atoms with Crippen LogP contribution in [0, 0.1) is 5.92 Å². The minimum atomic E-state index is 0.413. The minimum Gasteiger partial charge on any atom is -0.349 e. The molecule has 1 fully saturated rings. The summed E-state index contributed by atoms with van der Waals surface area (Å²) in [6.07, 6.45) is 6.96. The molecule has 1 aliphatic heterocycles. The number of para-hydroxylation sites is 2. The van der Waals surface area contributed by atoms with E-state index in [0.29, 0.717) is 18.5 Å². The van der Waals surface area contributed by atoms with Gasteiger partial charge in [-0.25, -0.2) is 9.97 Å². The van der Waals surface area contributed by atoms with Crippen LogP contribution in [0.1, 0.15) is 25.2 Å². The molecule has 3 heterocycles. The summed E-state index contributed by atoms with van der Waals surface area (Å²) >= 11 is 0. The van der Waals surface area contributed by atoms with Crippen LogP contribution in [0.15, 0.2) is 48.0 Å². The van der Waals surface area contributed by atoms with Gasteiger partial charge in [0.2, 0.25) is 0 Å². The Hall–Kier alpha value is -2.83. The van der Waals surface area contributed by atoms with Gasteiger partial charge in [-0.2, -0.15) is 0 Å². The van der Waals surface area contributed by atoms with E-state index in [1.165, 1.54) is 0 Å². The highest BCUT2D eigenvalue weighted by Gasteiger charge is 2.29. The zero-order chi connectivity index (χ0) is 18.8. The maximum Gasteiger partial charge on any atom is 0.194 e. The van der Waals surface area contributed by atoms with Crippen molar-refractivity contribution < 1.29 is 0 Å². The molecule has 0 aliphatic carbocycles. The molecule has 0 saturated carbocycles. The standard InChI is InChI=1S/C20H27N7/c1-15-8-10-26(13-18(15)27-11-9-22-14-27)20(21-2)23-12-19-24-16-6-4-5-7-17(16)25(19)3/h4-7,9,11,14-15,18H,8,10,12-13H2,1-3H3,(H,21,23). The number of piperidine rings is 1. The quantitative estimate of drug-likeness (QED) is 0.572. The van der Waals surface area contributed by atoms with Crippen molar-refractivity contribution in [1.29, 1.82) is 0 Å². The number of hydrogen-bond acceptors (Lipinski definition) is 3.